The van der Waals surface area contributed by atoms with E-state index in [1.54, 1.807) is 6.07 Å². The molecule has 2 aliphatic heterocycles. The minimum atomic E-state index is -4.09. The first-order valence-electron chi connectivity index (χ1n) is 17.2. The number of ether oxygens (including phenoxy) is 2. The molecule has 1 amide bonds. The Morgan fingerprint density at radius 2 is 1.71 bits per heavy atom. The van der Waals surface area contributed by atoms with E-state index in [4.69, 9.17) is 14.5 Å². The normalized spacial score (nSPS) is 22.1. The topological polar surface area (TPSA) is 124 Å². The average molecular weight is 676 g/mol. The first-order valence-corrected chi connectivity index (χ1v) is 18.7. The van der Waals surface area contributed by atoms with Crippen molar-refractivity contribution in [2.75, 3.05) is 24.4 Å². The van der Waals surface area contributed by atoms with Gasteiger partial charge >= 0.3 is 6.09 Å². The zero-order valence-electron chi connectivity index (χ0n) is 29.2. The second-order valence-corrected chi connectivity index (χ2v) is 17.2. The molecule has 2 aromatic heterocycles. The molecule has 1 aromatic carbocycles. The second kappa shape index (κ2) is 12.9. The van der Waals surface area contributed by atoms with Crippen molar-refractivity contribution in [1.29, 1.82) is 0 Å². The number of nitrogens with zero attached hydrogens (tertiary/aromatic N) is 4. The number of fused-ring (bicyclic) bond motifs is 4. The molecule has 1 aliphatic carbocycles. The summed E-state index contributed by atoms with van der Waals surface area (Å²) in [5.41, 5.74) is 3.99. The predicted octanol–water partition coefficient (Wildman–Crippen LogP) is 7.52. The van der Waals surface area contributed by atoms with Gasteiger partial charge in [0.1, 0.15) is 5.60 Å². The van der Waals surface area contributed by atoms with Crippen molar-refractivity contribution in [1.82, 2.24) is 19.9 Å². The van der Waals surface area contributed by atoms with Crippen LogP contribution in [0.2, 0.25) is 0 Å². The lowest BCUT2D eigenvalue weighted by atomic mass is 9.52. The molecule has 2 fully saturated rings. The SMILES string of the molecule is Cc1cccc(C)c1-c1cc2nc(n1)NS(=O)(=O)c1cccc(n1)C(C1CC3(CCN(C(=O)OC(C)(C)C)CC3)C1)[C@H](CC(C)C)CO2. The van der Waals surface area contributed by atoms with Gasteiger partial charge in [-0.25, -0.2) is 19.5 Å². The zero-order valence-corrected chi connectivity index (χ0v) is 30.1. The summed E-state index contributed by atoms with van der Waals surface area (Å²) in [5, 5.41) is -0.0443. The van der Waals surface area contributed by atoms with Crippen molar-refractivity contribution >= 4 is 22.1 Å². The fourth-order valence-electron chi connectivity index (χ4n) is 8.02. The number of piperidine rings is 1. The number of aromatic nitrogens is 3. The molecular weight excluding hydrogens is 627 g/mol. The Morgan fingerprint density at radius 3 is 2.35 bits per heavy atom. The molecule has 4 heterocycles. The highest BCUT2D eigenvalue weighted by Gasteiger charge is 2.51. The maximum atomic E-state index is 13.8. The van der Waals surface area contributed by atoms with Crippen LogP contribution >= 0.6 is 0 Å². The quantitative estimate of drug-likeness (QED) is 0.301. The number of likely N-dealkylation sites (tertiary alicyclic amines) is 1. The van der Waals surface area contributed by atoms with Crippen molar-refractivity contribution in [3.63, 3.8) is 0 Å². The van der Waals surface area contributed by atoms with Crippen LogP contribution in [0.3, 0.4) is 0 Å². The number of carbonyl (C=O) groups excluding carboxylic acids is 1. The molecule has 3 aliphatic rings. The zero-order chi connectivity index (χ0) is 34.4. The first kappa shape index (κ1) is 34.1. The number of benzene rings is 1. The maximum absolute atomic E-state index is 13.8. The molecule has 4 bridgehead atoms. The van der Waals surface area contributed by atoms with E-state index < -0.39 is 15.6 Å². The number of sulfonamides is 1. The largest absolute Gasteiger partial charge is 0.477 e. The third-order valence-electron chi connectivity index (χ3n) is 10.1. The Balaban J connectivity index is 1.32. The fourth-order valence-corrected chi connectivity index (χ4v) is 8.94. The van der Waals surface area contributed by atoms with Crippen LogP contribution in [0, 0.1) is 37.0 Å². The summed E-state index contributed by atoms with van der Waals surface area (Å²) < 4.78 is 42.3. The number of hydrogen-bond donors (Lipinski definition) is 1. The summed E-state index contributed by atoms with van der Waals surface area (Å²) in [7, 11) is -4.09. The molecule has 1 saturated heterocycles. The van der Waals surface area contributed by atoms with Crippen LogP contribution in [-0.2, 0) is 14.8 Å². The smallest absolute Gasteiger partial charge is 0.410 e. The highest BCUT2D eigenvalue weighted by atomic mass is 32.2. The molecule has 0 radical (unpaired) electrons. The van der Waals surface area contributed by atoms with E-state index in [1.165, 1.54) is 6.07 Å². The number of amides is 1. The van der Waals surface area contributed by atoms with Gasteiger partial charge < -0.3 is 14.4 Å². The van der Waals surface area contributed by atoms with Crippen LogP contribution in [0.25, 0.3) is 11.3 Å². The van der Waals surface area contributed by atoms with E-state index in [9.17, 15) is 13.2 Å². The molecule has 3 aromatic rings. The molecule has 1 spiro atoms. The molecule has 48 heavy (non-hydrogen) atoms. The minimum absolute atomic E-state index is 0.00382. The molecule has 11 heteroatoms. The lowest BCUT2D eigenvalue weighted by Gasteiger charge is -2.55. The van der Waals surface area contributed by atoms with Gasteiger partial charge in [0.05, 0.1) is 12.3 Å². The fraction of sp³-hybridized carbons (Fsp3) is 0.568. The van der Waals surface area contributed by atoms with Crippen molar-refractivity contribution in [2.24, 2.45) is 23.2 Å². The lowest BCUT2D eigenvalue weighted by Crippen LogP contribution is -2.51. The highest BCUT2D eigenvalue weighted by molar-refractivity contribution is 7.92. The Hall–Kier alpha value is -3.73. The summed E-state index contributed by atoms with van der Waals surface area (Å²) in [6, 6.07) is 13.1. The van der Waals surface area contributed by atoms with Crippen LogP contribution in [0.5, 0.6) is 5.88 Å². The van der Waals surface area contributed by atoms with Gasteiger partial charge in [-0.05, 0) is 107 Å². The molecule has 6 rings (SSSR count). The van der Waals surface area contributed by atoms with Crippen LogP contribution in [0.4, 0.5) is 10.7 Å². The van der Waals surface area contributed by atoms with E-state index in [-0.39, 0.29) is 34.3 Å². The maximum Gasteiger partial charge on any atom is 0.410 e. The van der Waals surface area contributed by atoms with Crippen molar-refractivity contribution in [3.05, 3.63) is 59.3 Å². The van der Waals surface area contributed by atoms with Gasteiger partial charge in [0, 0.05) is 42.2 Å². The van der Waals surface area contributed by atoms with E-state index in [0.29, 0.717) is 43.1 Å². The molecule has 2 atom stereocenters. The van der Waals surface area contributed by atoms with Crippen molar-refractivity contribution in [2.45, 2.75) is 97.1 Å². The summed E-state index contributed by atoms with van der Waals surface area (Å²) in [6.07, 6.45) is 4.50. The average Bonchev–Trinajstić information content (AvgIpc) is 2.98. The van der Waals surface area contributed by atoms with Gasteiger partial charge in [-0.15, -0.1) is 0 Å². The molecule has 1 unspecified atom stereocenters. The predicted molar refractivity (Wildman–Crippen MR) is 185 cm³/mol. The highest BCUT2D eigenvalue weighted by Crippen LogP contribution is 2.58. The molecule has 258 valence electrons. The second-order valence-electron chi connectivity index (χ2n) is 15.6. The standard InChI is InChI=1S/C37H49N5O5S/c1-23(2)18-26-22-46-30-19-29(32-24(3)10-8-11-25(32)4)39-34(40-30)41-48(44,45)31-13-9-12-28(38-31)33(26)27-20-37(21-27)14-16-42(17-15-37)35(43)47-36(5,6)7/h8-13,19,23,26-27,33H,14-18,20-22H2,1-7H3,(H,39,40,41)/t26-,33?/m1/s1. The number of anilines is 1. The molecule has 10 nitrogen and oxygen atoms in total. The number of hydrogen-bond acceptors (Lipinski definition) is 8. The Kier molecular flexibility index (Phi) is 9.21. The van der Waals surface area contributed by atoms with Gasteiger partial charge in [-0.2, -0.15) is 13.4 Å². The van der Waals surface area contributed by atoms with E-state index in [2.05, 4.69) is 28.5 Å². The number of carbonyl (C=O) groups is 1. The van der Waals surface area contributed by atoms with Gasteiger partial charge in [-0.3, -0.25) is 0 Å². The number of nitrogens with one attached hydrogen (secondary N) is 1. The molecule has 1 N–H and O–H groups in total. The monoisotopic (exact) mass is 675 g/mol. The van der Waals surface area contributed by atoms with E-state index >= 15 is 0 Å². The first-order chi connectivity index (χ1) is 22.6. The van der Waals surface area contributed by atoms with Crippen LogP contribution in [0.15, 0.2) is 47.5 Å². The Labute approximate surface area is 285 Å². The molecular formula is C37H49N5O5S. The van der Waals surface area contributed by atoms with Crippen molar-refractivity contribution < 1.29 is 22.7 Å². The van der Waals surface area contributed by atoms with Crippen LogP contribution in [0.1, 0.15) is 89.5 Å². The number of rotatable bonds is 4. The Bertz CT molecular complexity index is 1750. The molecule has 1 saturated carbocycles. The summed E-state index contributed by atoms with van der Waals surface area (Å²) >= 11 is 0. The van der Waals surface area contributed by atoms with E-state index in [1.807, 2.05) is 69.9 Å². The Morgan fingerprint density at radius 1 is 1.04 bits per heavy atom. The summed E-state index contributed by atoms with van der Waals surface area (Å²) in [4.78, 5) is 28.5. The van der Waals surface area contributed by atoms with Gasteiger partial charge in [0.2, 0.25) is 11.8 Å². The van der Waals surface area contributed by atoms with Crippen molar-refractivity contribution in [3.8, 4) is 17.1 Å². The van der Waals surface area contributed by atoms with Crippen LogP contribution < -0.4 is 9.46 Å². The van der Waals surface area contributed by atoms with Gasteiger partial charge in [0.25, 0.3) is 10.0 Å². The number of pyridine rings is 1. The lowest BCUT2D eigenvalue weighted by molar-refractivity contribution is -0.0438. The number of aryl methyl sites for hydroxylation is 2. The van der Waals surface area contributed by atoms with Crippen LogP contribution in [-0.4, -0.2) is 59.7 Å². The summed E-state index contributed by atoms with van der Waals surface area (Å²) in [6.45, 7) is 15.9. The minimum Gasteiger partial charge on any atom is -0.477 e. The van der Waals surface area contributed by atoms with Gasteiger partial charge in [-0.1, -0.05) is 38.1 Å². The van der Waals surface area contributed by atoms with Gasteiger partial charge in [0.15, 0.2) is 5.03 Å². The summed E-state index contributed by atoms with van der Waals surface area (Å²) in [5.74, 6) is 1.06. The van der Waals surface area contributed by atoms with E-state index in [0.717, 1.165) is 54.5 Å². The third-order valence-corrected chi connectivity index (χ3v) is 11.4. The third kappa shape index (κ3) is 7.31.